The average molecular weight is 872 g/mol. The highest BCUT2D eigenvalue weighted by molar-refractivity contribution is 5.99. The highest BCUT2D eigenvalue weighted by Gasteiger charge is 2.18. The first kappa shape index (κ1) is 43.4. The molecule has 0 amide bonds. The summed E-state index contributed by atoms with van der Waals surface area (Å²) < 4.78 is 0. The van der Waals surface area contributed by atoms with Crippen LogP contribution in [0.25, 0.3) is 77.5 Å². The standard InChI is InChI=1S/C48H37N.C19H16/c1-34-14-6-8-21-43(34)44-31-28-40(32-35(44)2)46-23-11-10-22-45(46)39-19-12-20-42(33-39)49(48-25-13-18-38-17-7-9-24-47(38)48)41-29-26-37(27-30-41)36-15-4-3-5-16-36;1-15-11-13-17(14-12-15)19-10-6-5-9-18(19)16-7-3-2-4-8-16/h3-33H,1-2H3;2-14H,1H3. The number of hydrogen-bond donors (Lipinski definition) is 0. The molecule has 11 aromatic carbocycles. The van der Waals surface area contributed by atoms with Crippen LogP contribution in [0.3, 0.4) is 0 Å². The predicted octanol–water partition coefficient (Wildman–Crippen LogP) is 18.9. The van der Waals surface area contributed by atoms with Crippen molar-refractivity contribution in [3.63, 3.8) is 0 Å². The van der Waals surface area contributed by atoms with Crippen molar-refractivity contribution in [2.24, 2.45) is 0 Å². The van der Waals surface area contributed by atoms with Crippen molar-refractivity contribution >= 4 is 27.8 Å². The van der Waals surface area contributed by atoms with Crippen molar-refractivity contribution in [3.05, 3.63) is 284 Å². The van der Waals surface area contributed by atoms with Crippen LogP contribution in [-0.4, -0.2) is 0 Å². The summed E-state index contributed by atoms with van der Waals surface area (Å²) in [5.74, 6) is 0. The number of anilines is 3. The lowest BCUT2D eigenvalue weighted by atomic mass is 9.90. The predicted molar refractivity (Wildman–Crippen MR) is 292 cm³/mol. The molecule has 0 aliphatic heterocycles. The van der Waals surface area contributed by atoms with Gasteiger partial charge in [0.1, 0.15) is 0 Å². The Morgan fingerprint density at radius 2 is 0.691 bits per heavy atom. The molecular weight excluding hydrogens is 819 g/mol. The first-order valence-corrected chi connectivity index (χ1v) is 23.5. The van der Waals surface area contributed by atoms with E-state index in [-0.39, 0.29) is 0 Å². The number of rotatable bonds is 9. The van der Waals surface area contributed by atoms with Gasteiger partial charge in [-0.15, -0.1) is 0 Å². The first-order chi connectivity index (χ1) is 33.5. The van der Waals surface area contributed by atoms with Crippen LogP contribution in [0.4, 0.5) is 17.1 Å². The van der Waals surface area contributed by atoms with Gasteiger partial charge in [-0.25, -0.2) is 0 Å². The van der Waals surface area contributed by atoms with Crippen molar-refractivity contribution < 1.29 is 0 Å². The van der Waals surface area contributed by atoms with Crippen molar-refractivity contribution in [1.82, 2.24) is 0 Å². The summed E-state index contributed by atoms with van der Waals surface area (Å²) >= 11 is 0. The fourth-order valence-electron chi connectivity index (χ4n) is 9.41. The first-order valence-electron chi connectivity index (χ1n) is 23.5. The van der Waals surface area contributed by atoms with E-state index in [1.807, 2.05) is 0 Å². The Morgan fingerprint density at radius 3 is 1.34 bits per heavy atom. The van der Waals surface area contributed by atoms with E-state index in [9.17, 15) is 0 Å². The summed E-state index contributed by atoms with van der Waals surface area (Å²) in [7, 11) is 0. The Labute approximate surface area is 401 Å². The lowest BCUT2D eigenvalue weighted by molar-refractivity contribution is 1.30. The Kier molecular flexibility index (Phi) is 12.7. The number of nitrogens with zero attached hydrogens (tertiary/aromatic N) is 1. The molecule has 0 aliphatic carbocycles. The van der Waals surface area contributed by atoms with Gasteiger partial charge in [-0.1, -0.05) is 242 Å². The zero-order chi connectivity index (χ0) is 46.2. The van der Waals surface area contributed by atoms with Crippen LogP contribution in [0, 0.1) is 20.8 Å². The molecular formula is C67H53N. The number of aryl methyl sites for hydroxylation is 3. The van der Waals surface area contributed by atoms with Crippen LogP contribution < -0.4 is 4.90 Å². The van der Waals surface area contributed by atoms with Crippen LogP contribution in [0.1, 0.15) is 16.7 Å². The summed E-state index contributed by atoms with van der Waals surface area (Å²) in [5, 5.41) is 2.43. The largest absolute Gasteiger partial charge is 0.310 e. The Balaban J connectivity index is 0.000000236. The highest BCUT2D eigenvalue weighted by Crippen LogP contribution is 2.42. The molecule has 0 fully saturated rings. The third-order valence-corrected chi connectivity index (χ3v) is 12.9. The molecule has 0 atom stereocenters. The lowest BCUT2D eigenvalue weighted by Crippen LogP contribution is -2.10. The van der Waals surface area contributed by atoms with E-state index in [4.69, 9.17) is 0 Å². The maximum absolute atomic E-state index is 2.39. The topological polar surface area (TPSA) is 3.24 Å². The number of hydrogen-bond acceptors (Lipinski definition) is 1. The summed E-state index contributed by atoms with van der Waals surface area (Å²) in [4.78, 5) is 2.39. The van der Waals surface area contributed by atoms with Gasteiger partial charge >= 0.3 is 0 Å². The second-order valence-corrected chi connectivity index (χ2v) is 17.5. The molecule has 0 unspecified atom stereocenters. The minimum absolute atomic E-state index is 1.11. The summed E-state index contributed by atoms with van der Waals surface area (Å²) in [6.45, 7) is 6.52. The van der Waals surface area contributed by atoms with Gasteiger partial charge in [0.25, 0.3) is 0 Å². The fourth-order valence-corrected chi connectivity index (χ4v) is 9.41. The molecule has 11 rings (SSSR count). The molecule has 11 aromatic rings. The molecule has 0 aliphatic rings. The summed E-state index contributed by atoms with van der Waals surface area (Å²) in [6.07, 6.45) is 0. The van der Waals surface area contributed by atoms with Crippen molar-refractivity contribution in [2.45, 2.75) is 20.8 Å². The van der Waals surface area contributed by atoms with Crippen LogP contribution in [0.5, 0.6) is 0 Å². The number of fused-ring (bicyclic) bond motifs is 1. The van der Waals surface area contributed by atoms with Gasteiger partial charge in [-0.3, -0.25) is 0 Å². The van der Waals surface area contributed by atoms with Gasteiger partial charge < -0.3 is 4.90 Å². The molecule has 68 heavy (non-hydrogen) atoms. The zero-order valence-electron chi connectivity index (χ0n) is 38.9. The average Bonchev–Trinajstić information content (AvgIpc) is 3.40. The lowest BCUT2D eigenvalue weighted by Gasteiger charge is -2.27. The van der Waals surface area contributed by atoms with Gasteiger partial charge in [0.15, 0.2) is 0 Å². The van der Waals surface area contributed by atoms with E-state index < -0.39 is 0 Å². The Hall–Kier alpha value is -8.52. The third-order valence-electron chi connectivity index (χ3n) is 12.9. The van der Waals surface area contributed by atoms with E-state index in [2.05, 4.69) is 293 Å². The quantitative estimate of drug-likeness (QED) is 0.140. The van der Waals surface area contributed by atoms with Gasteiger partial charge in [-0.2, -0.15) is 0 Å². The monoisotopic (exact) mass is 871 g/mol. The molecule has 0 saturated heterocycles. The molecule has 0 N–H and O–H groups in total. The minimum Gasteiger partial charge on any atom is -0.310 e. The number of benzene rings is 11. The summed E-state index contributed by atoms with van der Waals surface area (Å²) in [6, 6.07) is 95.8. The SMILES string of the molecule is Cc1ccc(-c2ccccc2-c2ccccc2)cc1.Cc1ccccc1-c1ccc(-c2ccccc2-c2cccc(N(c3ccc(-c4ccccc4)cc3)c3cccc4ccccc34)c2)cc1C. The molecule has 1 heteroatoms. The van der Waals surface area contributed by atoms with Gasteiger partial charge in [-0.05, 0) is 134 Å². The highest BCUT2D eigenvalue weighted by atomic mass is 15.1. The van der Waals surface area contributed by atoms with Crippen LogP contribution in [-0.2, 0) is 0 Å². The minimum atomic E-state index is 1.11. The normalized spacial score (nSPS) is 10.9. The zero-order valence-corrected chi connectivity index (χ0v) is 38.9. The van der Waals surface area contributed by atoms with Crippen LogP contribution in [0.2, 0.25) is 0 Å². The molecule has 0 heterocycles. The van der Waals surface area contributed by atoms with Gasteiger partial charge in [0.05, 0.1) is 5.69 Å². The molecule has 0 spiro atoms. The van der Waals surface area contributed by atoms with E-state index in [1.165, 1.54) is 94.2 Å². The maximum Gasteiger partial charge on any atom is 0.0540 e. The fraction of sp³-hybridized carbons (Fsp3) is 0.0448. The van der Waals surface area contributed by atoms with Crippen LogP contribution >= 0.6 is 0 Å². The Bertz CT molecular complexity index is 3450. The van der Waals surface area contributed by atoms with Gasteiger partial charge in [0.2, 0.25) is 0 Å². The molecule has 0 radical (unpaired) electrons. The molecule has 0 saturated carbocycles. The molecule has 0 bridgehead atoms. The molecule has 326 valence electrons. The van der Waals surface area contributed by atoms with Crippen molar-refractivity contribution in [1.29, 1.82) is 0 Å². The molecule has 0 aromatic heterocycles. The van der Waals surface area contributed by atoms with E-state index in [0.29, 0.717) is 0 Å². The van der Waals surface area contributed by atoms with Crippen molar-refractivity contribution in [2.75, 3.05) is 4.90 Å². The second-order valence-electron chi connectivity index (χ2n) is 17.5. The third kappa shape index (κ3) is 9.29. The molecule has 1 nitrogen and oxygen atoms in total. The smallest absolute Gasteiger partial charge is 0.0540 e. The van der Waals surface area contributed by atoms with Crippen molar-refractivity contribution in [3.8, 4) is 66.8 Å². The summed E-state index contributed by atoms with van der Waals surface area (Å²) in [5.41, 5.74) is 22.2. The van der Waals surface area contributed by atoms with Crippen LogP contribution in [0.15, 0.2) is 267 Å². The van der Waals surface area contributed by atoms with E-state index >= 15 is 0 Å². The van der Waals surface area contributed by atoms with Gasteiger partial charge in [0, 0.05) is 16.8 Å². The second kappa shape index (κ2) is 19.9. The maximum atomic E-state index is 2.39. The van der Waals surface area contributed by atoms with E-state index in [0.717, 1.165) is 17.1 Å². The Morgan fingerprint density at radius 1 is 0.250 bits per heavy atom. The van der Waals surface area contributed by atoms with E-state index in [1.54, 1.807) is 0 Å².